The molecule has 1 amide bonds. The minimum absolute atomic E-state index is 0.121. The van der Waals surface area contributed by atoms with Crippen molar-refractivity contribution in [1.82, 2.24) is 10.2 Å². The van der Waals surface area contributed by atoms with Crippen LogP contribution in [0.5, 0.6) is 11.5 Å². The molecule has 1 fully saturated rings. The van der Waals surface area contributed by atoms with Gasteiger partial charge in [-0.25, -0.2) is 4.39 Å². The zero-order valence-electron chi connectivity index (χ0n) is 19.1. The molecule has 2 aromatic rings. The van der Waals surface area contributed by atoms with Crippen molar-refractivity contribution in [3.63, 3.8) is 0 Å². The van der Waals surface area contributed by atoms with Crippen LogP contribution in [0.2, 0.25) is 5.02 Å². The number of nitrogens with zero attached hydrogens (tertiary/aromatic N) is 1. The average Bonchev–Trinajstić information content (AvgIpc) is 2.81. The van der Waals surface area contributed by atoms with Gasteiger partial charge in [0.05, 0.1) is 41.1 Å². The smallest absolute Gasteiger partial charge is 0.255 e. The lowest BCUT2D eigenvalue weighted by Gasteiger charge is -2.38. The first kappa shape index (κ1) is 25.7. The van der Waals surface area contributed by atoms with E-state index in [9.17, 15) is 19.1 Å². The van der Waals surface area contributed by atoms with Gasteiger partial charge in [0.25, 0.3) is 5.91 Å². The summed E-state index contributed by atoms with van der Waals surface area (Å²) >= 11 is 6.08. The molecule has 0 aliphatic carbocycles. The monoisotopic (exact) mass is 493 g/mol. The predicted molar refractivity (Wildman–Crippen MR) is 127 cm³/mol. The van der Waals surface area contributed by atoms with Crippen LogP contribution in [-0.2, 0) is 4.74 Å². The number of likely N-dealkylation sites (tertiary alicyclic amines) is 1. The van der Waals surface area contributed by atoms with E-state index < -0.39 is 5.82 Å². The number of carbonyl (C=O) groups excluding carboxylic acids is 2. The number of hydrogen-bond acceptors (Lipinski definition) is 7. The first-order chi connectivity index (χ1) is 16.2. The molecule has 34 heavy (non-hydrogen) atoms. The lowest BCUT2D eigenvalue weighted by molar-refractivity contribution is 0.00605. The number of aromatic hydroxyl groups is 1. The second-order valence-electron chi connectivity index (χ2n) is 8.21. The van der Waals surface area contributed by atoms with Gasteiger partial charge < -0.3 is 30.5 Å². The van der Waals surface area contributed by atoms with E-state index in [4.69, 9.17) is 26.8 Å². The summed E-state index contributed by atoms with van der Waals surface area (Å²) in [6.45, 7) is 1.94. The summed E-state index contributed by atoms with van der Waals surface area (Å²) in [5.41, 5.74) is 6.54. The van der Waals surface area contributed by atoms with Crippen molar-refractivity contribution >= 4 is 29.0 Å². The van der Waals surface area contributed by atoms with Crippen molar-refractivity contribution in [3.05, 3.63) is 52.3 Å². The molecule has 0 bridgehead atoms. The molecule has 1 saturated heterocycles. The number of ether oxygens (including phenoxy) is 2. The van der Waals surface area contributed by atoms with Gasteiger partial charge in [-0.3, -0.25) is 9.59 Å². The van der Waals surface area contributed by atoms with Crippen LogP contribution >= 0.6 is 11.6 Å². The molecule has 1 heterocycles. The molecule has 184 valence electrons. The maximum absolute atomic E-state index is 13.1. The second kappa shape index (κ2) is 11.5. The Balaban J connectivity index is 1.53. The SMILES string of the molecule is COc1cc(N)c(Cl)cc1C(=O)N[C@H]1CCN(CCCC(=O)c2ccc(F)cc2O)C[C@H]1OC. The Morgan fingerprint density at radius 1 is 1.26 bits per heavy atom. The summed E-state index contributed by atoms with van der Waals surface area (Å²) in [5, 5.41) is 13.1. The third-order valence-electron chi connectivity index (χ3n) is 5.96. The standard InChI is InChI=1S/C24H29ClFN3O5/c1-33-22-12-18(27)17(25)11-16(22)24(32)28-19-7-9-29(13-23(19)34-2)8-3-4-20(30)15-6-5-14(26)10-21(15)31/h5-6,10-12,19,23,31H,3-4,7-9,13,27H2,1-2H3,(H,28,32)/t19-,23+/m0/s1. The van der Waals surface area contributed by atoms with E-state index in [1.165, 1.54) is 25.3 Å². The summed E-state index contributed by atoms with van der Waals surface area (Å²) in [6, 6.07) is 6.17. The Morgan fingerprint density at radius 3 is 2.71 bits per heavy atom. The van der Waals surface area contributed by atoms with Gasteiger partial charge in [0.15, 0.2) is 5.78 Å². The molecule has 0 radical (unpaired) electrons. The van der Waals surface area contributed by atoms with E-state index in [1.54, 1.807) is 7.11 Å². The fourth-order valence-electron chi connectivity index (χ4n) is 4.09. The van der Waals surface area contributed by atoms with Crippen molar-refractivity contribution in [1.29, 1.82) is 0 Å². The molecule has 1 aliphatic rings. The van der Waals surface area contributed by atoms with Gasteiger partial charge >= 0.3 is 0 Å². The number of nitrogens with two attached hydrogens (primary N) is 1. The Morgan fingerprint density at radius 2 is 2.03 bits per heavy atom. The van der Waals surface area contributed by atoms with E-state index >= 15 is 0 Å². The number of methoxy groups -OCH3 is 2. The molecule has 3 rings (SSSR count). The number of nitrogen functional groups attached to an aromatic ring is 1. The largest absolute Gasteiger partial charge is 0.507 e. The van der Waals surface area contributed by atoms with E-state index in [1.807, 2.05) is 0 Å². The number of nitrogens with one attached hydrogen (secondary N) is 1. The fourth-order valence-corrected chi connectivity index (χ4v) is 4.25. The lowest BCUT2D eigenvalue weighted by Crippen LogP contribution is -2.54. The number of anilines is 1. The van der Waals surface area contributed by atoms with Crippen LogP contribution in [0.4, 0.5) is 10.1 Å². The van der Waals surface area contributed by atoms with Crippen molar-refractivity contribution in [2.24, 2.45) is 0 Å². The van der Waals surface area contributed by atoms with Gasteiger partial charge in [0.1, 0.15) is 17.3 Å². The van der Waals surface area contributed by atoms with Gasteiger partial charge in [-0.2, -0.15) is 0 Å². The van der Waals surface area contributed by atoms with Crippen LogP contribution in [0, 0.1) is 5.82 Å². The van der Waals surface area contributed by atoms with Gasteiger partial charge in [0.2, 0.25) is 0 Å². The minimum Gasteiger partial charge on any atom is -0.507 e. The van der Waals surface area contributed by atoms with Crippen molar-refractivity contribution in [2.75, 3.05) is 39.6 Å². The van der Waals surface area contributed by atoms with E-state index in [-0.39, 0.29) is 46.6 Å². The molecule has 0 spiro atoms. The summed E-state index contributed by atoms with van der Waals surface area (Å²) < 4.78 is 24.0. The zero-order chi connectivity index (χ0) is 24.8. The van der Waals surface area contributed by atoms with E-state index in [0.717, 1.165) is 12.1 Å². The summed E-state index contributed by atoms with van der Waals surface area (Å²) in [7, 11) is 3.05. The Labute approximate surface area is 202 Å². The number of amides is 1. The topological polar surface area (TPSA) is 114 Å². The predicted octanol–water partition coefficient (Wildman–Crippen LogP) is 3.26. The molecule has 4 N–H and O–H groups in total. The third kappa shape index (κ3) is 6.16. The second-order valence-corrected chi connectivity index (χ2v) is 8.61. The Bertz CT molecular complexity index is 1050. The number of phenols is 1. The number of hydrogen-bond donors (Lipinski definition) is 3. The average molecular weight is 494 g/mol. The van der Waals surface area contributed by atoms with E-state index in [0.29, 0.717) is 49.5 Å². The van der Waals surface area contributed by atoms with Crippen molar-refractivity contribution < 1.29 is 28.6 Å². The number of benzene rings is 2. The molecular weight excluding hydrogens is 465 g/mol. The normalized spacial score (nSPS) is 18.5. The maximum Gasteiger partial charge on any atom is 0.255 e. The quantitative estimate of drug-likeness (QED) is 0.363. The molecule has 2 atom stereocenters. The molecule has 0 aromatic heterocycles. The van der Waals surface area contributed by atoms with Gasteiger partial charge in [0, 0.05) is 38.8 Å². The molecular formula is C24H29ClFN3O5. The maximum atomic E-state index is 13.1. The number of piperidine rings is 1. The van der Waals surface area contributed by atoms with E-state index in [2.05, 4.69) is 10.2 Å². The number of phenolic OH excluding ortho intramolecular Hbond substituents is 1. The first-order valence-corrected chi connectivity index (χ1v) is 11.3. The molecule has 0 saturated carbocycles. The Hall–Kier alpha value is -2.88. The zero-order valence-corrected chi connectivity index (χ0v) is 19.9. The third-order valence-corrected chi connectivity index (χ3v) is 6.29. The summed E-state index contributed by atoms with van der Waals surface area (Å²) in [5.74, 6) is -1.17. The van der Waals surface area contributed by atoms with Crippen LogP contribution in [0.3, 0.4) is 0 Å². The highest BCUT2D eigenvalue weighted by Crippen LogP contribution is 2.29. The molecule has 2 aromatic carbocycles. The van der Waals surface area contributed by atoms with Gasteiger partial charge in [-0.05, 0) is 37.6 Å². The van der Waals surface area contributed by atoms with Crippen LogP contribution < -0.4 is 15.8 Å². The highest BCUT2D eigenvalue weighted by atomic mass is 35.5. The van der Waals surface area contributed by atoms with Crippen molar-refractivity contribution in [3.8, 4) is 11.5 Å². The first-order valence-electron chi connectivity index (χ1n) is 10.9. The minimum atomic E-state index is -0.590. The molecule has 0 unspecified atom stereocenters. The summed E-state index contributed by atoms with van der Waals surface area (Å²) in [4.78, 5) is 27.4. The molecule has 8 nitrogen and oxygen atoms in total. The Kier molecular flexibility index (Phi) is 8.71. The number of carbonyl (C=O) groups is 2. The van der Waals surface area contributed by atoms with Gasteiger partial charge in [-0.15, -0.1) is 0 Å². The highest BCUT2D eigenvalue weighted by molar-refractivity contribution is 6.33. The number of Topliss-reactive ketones (excluding diaryl/α,β-unsaturated/α-hetero) is 1. The molecule has 10 heteroatoms. The lowest BCUT2D eigenvalue weighted by atomic mass is 10.00. The number of halogens is 2. The number of ketones is 1. The number of rotatable bonds is 9. The van der Waals surface area contributed by atoms with Gasteiger partial charge in [-0.1, -0.05) is 11.6 Å². The van der Waals surface area contributed by atoms with Crippen molar-refractivity contribution in [2.45, 2.75) is 31.4 Å². The highest BCUT2D eigenvalue weighted by Gasteiger charge is 2.31. The van der Waals surface area contributed by atoms with Crippen LogP contribution in [0.1, 0.15) is 40.0 Å². The van der Waals surface area contributed by atoms with Crippen LogP contribution in [-0.4, -0.2) is 67.7 Å². The van der Waals surface area contributed by atoms with Crippen LogP contribution in [0.25, 0.3) is 0 Å². The fraction of sp³-hybridized carbons (Fsp3) is 0.417. The molecule has 1 aliphatic heterocycles. The summed E-state index contributed by atoms with van der Waals surface area (Å²) in [6.07, 6.45) is 1.21. The van der Waals surface area contributed by atoms with Crippen LogP contribution in [0.15, 0.2) is 30.3 Å².